The van der Waals surface area contributed by atoms with Crippen LogP contribution in [0.3, 0.4) is 0 Å². The largest absolute Gasteiger partial charge is 0.456 e. The molecule has 0 aliphatic heterocycles. The third-order valence-electron chi connectivity index (χ3n) is 3.31. The number of furan rings is 1. The average molecular weight is 229 g/mol. The fourth-order valence-corrected chi connectivity index (χ4v) is 2.51. The van der Waals surface area contributed by atoms with Crippen molar-refractivity contribution in [3.63, 3.8) is 0 Å². The molecule has 0 amide bonds. The van der Waals surface area contributed by atoms with Crippen molar-refractivity contribution in [3.05, 3.63) is 48.8 Å². The molecule has 0 bridgehead atoms. The monoisotopic (exact) mass is 229 g/mol. The molecule has 0 aliphatic carbocycles. The van der Waals surface area contributed by atoms with Crippen LogP contribution in [0.25, 0.3) is 32.7 Å². The van der Waals surface area contributed by atoms with Crippen molar-refractivity contribution in [2.24, 2.45) is 0 Å². The molecule has 82 valence electrons. The van der Waals surface area contributed by atoms with E-state index in [9.17, 15) is 0 Å². The first kappa shape index (κ1) is 9.72. The lowest BCUT2D eigenvalue weighted by Crippen LogP contribution is -2.03. The normalized spacial score (nSPS) is 11.6. The molecule has 4 aromatic rings. The van der Waals surface area contributed by atoms with Crippen LogP contribution in [0.1, 0.15) is 0 Å². The smallest absolute Gasteiger partial charge is 0.135 e. The summed E-state index contributed by atoms with van der Waals surface area (Å²) in [5.41, 5.74) is 2.41. The molecule has 0 aliphatic rings. The minimum atomic E-state index is 0.721. The second-order valence-electron chi connectivity index (χ2n) is 4.36. The molecule has 0 fully saturated rings. The minimum Gasteiger partial charge on any atom is -0.456 e. The number of nitrogens with zero attached hydrogens (tertiary/aromatic N) is 1. The lowest BCUT2D eigenvalue weighted by atomic mass is 9.89. The molecule has 2 radical (unpaired) electrons. The third-order valence-corrected chi connectivity index (χ3v) is 3.31. The molecular weight excluding hydrogens is 221 g/mol. The molecule has 2 aromatic carbocycles. The van der Waals surface area contributed by atoms with Crippen LogP contribution in [0.15, 0.2) is 53.2 Å². The Balaban J connectivity index is 2.39. The van der Waals surface area contributed by atoms with Gasteiger partial charge in [0.15, 0.2) is 0 Å². The standard InChI is InChI=1S/C15H8BNO/c16-12-7-14-15(11-8-17-6-5-9(11)12)10-3-1-2-4-13(10)18-14/h1-8H. The van der Waals surface area contributed by atoms with Crippen molar-refractivity contribution >= 4 is 46.0 Å². The van der Waals surface area contributed by atoms with E-state index in [1.165, 1.54) is 0 Å². The van der Waals surface area contributed by atoms with Crippen LogP contribution < -0.4 is 5.46 Å². The van der Waals surface area contributed by atoms with Crippen LogP contribution in [0.2, 0.25) is 0 Å². The van der Waals surface area contributed by atoms with E-state index in [1.807, 2.05) is 36.5 Å². The van der Waals surface area contributed by atoms with E-state index < -0.39 is 0 Å². The predicted molar refractivity (Wildman–Crippen MR) is 74.4 cm³/mol. The minimum absolute atomic E-state index is 0.721. The first-order valence-corrected chi connectivity index (χ1v) is 5.78. The Morgan fingerprint density at radius 1 is 0.944 bits per heavy atom. The van der Waals surface area contributed by atoms with Gasteiger partial charge >= 0.3 is 0 Å². The van der Waals surface area contributed by atoms with E-state index in [0.29, 0.717) is 0 Å². The SMILES string of the molecule is [B]c1cc2oc3ccccc3c2c2cnccc12. The van der Waals surface area contributed by atoms with E-state index in [0.717, 1.165) is 38.2 Å². The number of fused-ring (bicyclic) bond motifs is 5. The van der Waals surface area contributed by atoms with Gasteiger partial charge in [-0.2, -0.15) is 0 Å². The number of aromatic nitrogens is 1. The topological polar surface area (TPSA) is 26.0 Å². The van der Waals surface area contributed by atoms with Gasteiger partial charge in [-0.15, -0.1) is 0 Å². The number of rotatable bonds is 0. The Morgan fingerprint density at radius 3 is 2.78 bits per heavy atom. The number of benzene rings is 2. The van der Waals surface area contributed by atoms with Crippen molar-refractivity contribution < 1.29 is 4.42 Å². The lowest BCUT2D eigenvalue weighted by Gasteiger charge is -2.02. The highest BCUT2D eigenvalue weighted by Gasteiger charge is 2.11. The Labute approximate surface area is 105 Å². The summed E-state index contributed by atoms with van der Waals surface area (Å²) in [5.74, 6) is 0. The Bertz CT molecular complexity index is 895. The summed E-state index contributed by atoms with van der Waals surface area (Å²) in [6.07, 6.45) is 3.60. The second-order valence-corrected chi connectivity index (χ2v) is 4.36. The van der Waals surface area contributed by atoms with Gasteiger partial charge in [-0.05, 0) is 23.6 Å². The van der Waals surface area contributed by atoms with Crippen molar-refractivity contribution in [1.82, 2.24) is 4.98 Å². The van der Waals surface area contributed by atoms with E-state index in [4.69, 9.17) is 12.3 Å². The number of hydrogen-bond donors (Lipinski definition) is 0. The molecular formula is C15H8BNO. The molecule has 0 atom stereocenters. The number of pyridine rings is 1. The molecule has 0 saturated heterocycles. The molecule has 0 unspecified atom stereocenters. The van der Waals surface area contributed by atoms with Crippen LogP contribution in [-0.4, -0.2) is 12.8 Å². The molecule has 0 saturated carbocycles. The highest BCUT2D eigenvalue weighted by Crippen LogP contribution is 2.32. The van der Waals surface area contributed by atoms with Crippen LogP contribution in [0, 0.1) is 0 Å². The fourth-order valence-electron chi connectivity index (χ4n) is 2.51. The zero-order valence-electron chi connectivity index (χ0n) is 9.55. The van der Waals surface area contributed by atoms with Gasteiger partial charge in [0, 0.05) is 28.6 Å². The van der Waals surface area contributed by atoms with Gasteiger partial charge in [0.1, 0.15) is 19.0 Å². The maximum atomic E-state index is 6.06. The summed E-state index contributed by atoms with van der Waals surface area (Å²) in [7, 11) is 6.06. The van der Waals surface area contributed by atoms with E-state index in [1.54, 1.807) is 6.20 Å². The van der Waals surface area contributed by atoms with Crippen LogP contribution in [0.4, 0.5) is 0 Å². The lowest BCUT2D eigenvalue weighted by molar-refractivity contribution is 0.669. The first-order valence-electron chi connectivity index (χ1n) is 5.78. The molecule has 18 heavy (non-hydrogen) atoms. The highest BCUT2D eigenvalue weighted by atomic mass is 16.3. The summed E-state index contributed by atoms with van der Waals surface area (Å²) < 4.78 is 5.83. The van der Waals surface area contributed by atoms with Crippen LogP contribution >= 0.6 is 0 Å². The second kappa shape index (κ2) is 3.36. The number of hydrogen-bond acceptors (Lipinski definition) is 2. The maximum Gasteiger partial charge on any atom is 0.135 e. The van der Waals surface area contributed by atoms with Gasteiger partial charge in [-0.3, -0.25) is 4.98 Å². The van der Waals surface area contributed by atoms with Gasteiger partial charge in [-0.1, -0.05) is 23.7 Å². The van der Waals surface area contributed by atoms with Crippen LogP contribution in [0.5, 0.6) is 0 Å². The summed E-state index contributed by atoms with van der Waals surface area (Å²) in [6, 6.07) is 11.8. The van der Waals surface area contributed by atoms with Gasteiger partial charge in [0.25, 0.3) is 0 Å². The van der Waals surface area contributed by atoms with Crippen LogP contribution in [-0.2, 0) is 0 Å². The van der Waals surface area contributed by atoms with E-state index in [2.05, 4.69) is 11.1 Å². The number of para-hydroxylation sites is 1. The molecule has 0 spiro atoms. The zero-order valence-corrected chi connectivity index (χ0v) is 9.55. The van der Waals surface area contributed by atoms with Gasteiger partial charge in [-0.25, -0.2) is 0 Å². The van der Waals surface area contributed by atoms with Crippen molar-refractivity contribution in [3.8, 4) is 0 Å². The Hall–Kier alpha value is -2.29. The van der Waals surface area contributed by atoms with Gasteiger partial charge < -0.3 is 4.42 Å². The fraction of sp³-hybridized carbons (Fsp3) is 0. The molecule has 0 N–H and O–H groups in total. The Morgan fingerprint density at radius 2 is 1.83 bits per heavy atom. The van der Waals surface area contributed by atoms with Crippen molar-refractivity contribution in [2.75, 3.05) is 0 Å². The zero-order chi connectivity index (χ0) is 12.1. The predicted octanol–water partition coefficient (Wildman–Crippen LogP) is 2.93. The summed E-state index contributed by atoms with van der Waals surface area (Å²) >= 11 is 0. The molecule has 2 heterocycles. The molecule has 2 aromatic heterocycles. The third kappa shape index (κ3) is 1.16. The molecule has 4 rings (SSSR count). The highest BCUT2D eigenvalue weighted by molar-refractivity contribution is 6.41. The summed E-state index contributed by atoms with van der Waals surface area (Å²) in [6.45, 7) is 0. The molecule has 3 heteroatoms. The van der Waals surface area contributed by atoms with Gasteiger partial charge in [0.2, 0.25) is 0 Å². The average Bonchev–Trinajstić information content (AvgIpc) is 2.77. The summed E-state index contributed by atoms with van der Waals surface area (Å²) in [4.78, 5) is 4.19. The maximum absolute atomic E-state index is 6.06. The molecule has 2 nitrogen and oxygen atoms in total. The van der Waals surface area contributed by atoms with E-state index >= 15 is 0 Å². The van der Waals surface area contributed by atoms with Gasteiger partial charge in [0.05, 0.1) is 0 Å². The van der Waals surface area contributed by atoms with Crippen molar-refractivity contribution in [2.45, 2.75) is 0 Å². The van der Waals surface area contributed by atoms with Crippen molar-refractivity contribution in [1.29, 1.82) is 0 Å². The quantitative estimate of drug-likeness (QED) is 0.433. The first-order chi connectivity index (χ1) is 8.84. The van der Waals surface area contributed by atoms with E-state index in [-0.39, 0.29) is 0 Å². The summed E-state index contributed by atoms with van der Waals surface area (Å²) in [5, 5.41) is 4.25. The Kier molecular flexibility index (Phi) is 1.81.